The highest BCUT2D eigenvalue weighted by atomic mass is 16.5. The van der Waals surface area contributed by atoms with Crippen LogP contribution in [-0.4, -0.2) is 35.5 Å². The summed E-state index contributed by atoms with van der Waals surface area (Å²) in [5.74, 6) is 2.76. The number of fused-ring (bicyclic) bond motifs is 2. The van der Waals surface area contributed by atoms with Crippen LogP contribution in [0.2, 0.25) is 0 Å². The molecular weight excluding hydrogens is 330 g/mol. The fraction of sp³-hybridized carbons (Fsp3) is 0.600. The molecule has 2 aliphatic carbocycles. The fourth-order valence-electron chi connectivity index (χ4n) is 5.51. The van der Waals surface area contributed by atoms with Crippen molar-refractivity contribution in [2.24, 2.45) is 17.8 Å². The molecule has 0 radical (unpaired) electrons. The zero-order valence-corrected chi connectivity index (χ0v) is 15.0. The van der Waals surface area contributed by atoms with Crippen LogP contribution in [0.1, 0.15) is 39.0 Å². The highest BCUT2D eigenvalue weighted by Gasteiger charge is 2.44. The van der Waals surface area contributed by atoms with Crippen LogP contribution in [0.15, 0.2) is 18.2 Å². The number of ether oxygens (including phenoxy) is 1. The Morgan fingerprint density at radius 2 is 1.88 bits per heavy atom. The minimum atomic E-state index is -0.495. The van der Waals surface area contributed by atoms with Crippen molar-refractivity contribution in [1.29, 1.82) is 0 Å². The Morgan fingerprint density at radius 3 is 2.65 bits per heavy atom. The van der Waals surface area contributed by atoms with Crippen molar-refractivity contribution in [2.45, 2.75) is 51.2 Å². The molecule has 26 heavy (non-hydrogen) atoms. The Hall–Kier alpha value is -2.24. The lowest BCUT2D eigenvalue weighted by atomic mass is 9.68. The van der Waals surface area contributed by atoms with Crippen molar-refractivity contribution in [1.82, 2.24) is 4.90 Å². The first-order chi connectivity index (χ1) is 12.5. The number of hydrogen-bond donors (Lipinski definition) is 2. The summed E-state index contributed by atoms with van der Waals surface area (Å²) in [4.78, 5) is 26.8. The third-order valence-electron chi connectivity index (χ3n) is 6.53. The standard InChI is InChI=1S/C20H25N3O3/c1-11-19(24)22-17-9-15(2-3-18(17)26-11)21-20(25)23-10-14-5-12-4-13(6-14)8-16(23)7-12/h2-3,9,11-14,16H,4-8,10H2,1H3,(H,21,25)(H,22,24). The summed E-state index contributed by atoms with van der Waals surface area (Å²) in [6.07, 6.45) is 5.77. The van der Waals surface area contributed by atoms with Crippen LogP contribution in [-0.2, 0) is 4.79 Å². The molecular formula is C20H25N3O3. The summed E-state index contributed by atoms with van der Waals surface area (Å²) in [6.45, 7) is 2.60. The molecule has 0 aromatic heterocycles. The van der Waals surface area contributed by atoms with Gasteiger partial charge in [-0.1, -0.05) is 0 Å². The van der Waals surface area contributed by atoms with Crippen molar-refractivity contribution < 1.29 is 14.3 Å². The summed E-state index contributed by atoms with van der Waals surface area (Å²) in [5, 5.41) is 5.87. The van der Waals surface area contributed by atoms with Crippen molar-refractivity contribution in [3.05, 3.63) is 18.2 Å². The van der Waals surface area contributed by atoms with Crippen LogP contribution in [0, 0.1) is 17.8 Å². The monoisotopic (exact) mass is 355 g/mol. The van der Waals surface area contributed by atoms with E-state index in [-0.39, 0.29) is 11.9 Å². The second kappa shape index (κ2) is 5.89. The zero-order valence-electron chi connectivity index (χ0n) is 15.0. The molecule has 3 atom stereocenters. The minimum absolute atomic E-state index is 0.0143. The molecule has 3 unspecified atom stereocenters. The molecule has 2 N–H and O–H groups in total. The van der Waals surface area contributed by atoms with E-state index in [9.17, 15) is 9.59 Å². The maximum Gasteiger partial charge on any atom is 0.322 e. The number of amides is 3. The number of hydrogen-bond acceptors (Lipinski definition) is 3. The number of benzene rings is 1. The van der Waals surface area contributed by atoms with Gasteiger partial charge in [0.2, 0.25) is 0 Å². The molecule has 138 valence electrons. The molecule has 4 fully saturated rings. The maximum atomic E-state index is 13.0. The second-order valence-corrected chi connectivity index (χ2v) is 8.47. The molecule has 1 aromatic rings. The lowest BCUT2D eigenvalue weighted by molar-refractivity contribution is -0.122. The van der Waals surface area contributed by atoms with Crippen LogP contribution in [0.25, 0.3) is 0 Å². The Morgan fingerprint density at radius 1 is 1.15 bits per heavy atom. The summed E-state index contributed by atoms with van der Waals surface area (Å²) >= 11 is 0. The third kappa shape index (κ3) is 2.72. The average molecular weight is 355 g/mol. The lowest BCUT2D eigenvalue weighted by Gasteiger charge is -2.38. The molecule has 0 spiro atoms. The van der Waals surface area contributed by atoms with E-state index in [1.54, 1.807) is 19.1 Å². The van der Waals surface area contributed by atoms with E-state index in [0.29, 0.717) is 29.1 Å². The highest BCUT2D eigenvalue weighted by molar-refractivity contribution is 5.99. The van der Waals surface area contributed by atoms with Gasteiger partial charge in [-0.3, -0.25) is 4.79 Å². The number of anilines is 2. The predicted octanol–water partition coefficient (Wildman–Crippen LogP) is 3.45. The Balaban J connectivity index is 1.33. The molecule has 2 saturated carbocycles. The van der Waals surface area contributed by atoms with E-state index >= 15 is 0 Å². The van der Waals surface area contributed by atoms with Gasteiger partial charge in [-0.15, -0.1) is 0 Å². The van der Waals surface area contributed by atoms with Crippen molar-refractivity contribution in [3.8, 4) is 5.75 Å². The van der Waals surface area contributed by atoms with Gasteiger partial charge in [0, 0.05) is 18.3 Å². The second-order valence-electron chi connectivity index (χ2n) is 8.47. The third-order valence-corrected chi connectivity index (χ3v) is 6.53. The SMILES string of the molecule is CC1Oc2ccc(NC(=O)N3CC4CC5CC(C4)CC3C5)cc2NC1=O. The van der Waals surface area contributed by atoms with E-state index in [2.05, 4.69) is 15.5 Å². The van der Waals surface area contributed by atoms with E-state index in [1.165, 1.54) is 19.3 Å². The maximum absolute atomic E-state index is 13.0. The molecule has 5 aliphatic rings. The quantitative estimate of drug-likeness (QED) is 0.810. The van der Waals surface area contributed by atoms with E-state index in [4.69, 9.17) is 4.74 Å². The number of urea groups is 1. The van der Waals surface area contributed by atoms with Gasteiger partial charge in [-0.2, -0.15) is 0 Å². The highest BCUT2D eigenvalue weighted by Crippen LogP contribution is 2.47. The largest absolute Gasteiger partial charge is 0.479 e. The van der Waals surface area contributed by atoms with Crippen LogP contribution in [0.4, 0.5) is 16.2 Å². The first-order valence-corrected chi connectivity index (χ1v) is 9.74. The number of nitrogens with zero attached hydrogens (tertiary/aromatic N) is 1. The Kier molecular flexibility index (Phi) is 3.62. The number of carbonyl (C=O) groups excluding carboxylic acids is 2. The first kappa shape index (κ1) is 16.0. The number of rotatable bonds is 1. The fourth-order valence-corrected chi connectivity index (χ4v) is 5.51. The molecule has 3 heterocycles. The van der Waals surface area contributed by atoms with E-state index in [0.717, 1.165) is 31.2 Å². The molecule has 4 bridgehead atoms. The number of carbonyl (C=O) groups is 2. The molecule has 6 rings (SSSR count). The van der Waals surface area contributed by atoms with E-state index in [1.807, 2.05) is 6.07 Å². The minimum Gasteiger partial charge on any atom is -0.479 e. The average Bonchev–Trinajstić information content (AvgIpc) is 2.80. The Bertz CT molecular complexity index is 751. The van der Waals surface area contributed by atoms with Crippen LogP contribution in [0.3, 0.4) is 0 Å². The summed E-state index contributed by atoms with van der Waals surface area (Å²) < 4.78 is 5.58. The van der Waals surface area contributed by atoms with E-state index < -0.39 is 6.10 Å². The summed E-state index contributed by atoms with van der Waals surface area (Å²) in [7, 11) is 0. The van der Waals surface area contributed by atoms with Crippen molar-refractivity contribution in [3.63, 3.8) is 0 Å². The van der Waals surface area contributed by atoms with Gasteiger partial charge >= 0.3 is 6.03 Å². The lowest BCUT2D eigenvalue weighted by Crippen LogP contribution is -2.44. The van der Waals surface area contributed by atoms with Crippen LogP contribution >= 0.6 is 0 Å². The van der Waals surface area contributed by atoms with Crippen molar-refractivity contribution in [2.75, 3.05) is 17.2 Å². The molecule has 6 nitrogen and oxygen atoms in total. The number of nitrogens with one attached hydrogen (secondary N) is 2. The molecule has 1 aromatic carbocycles. The smallest absolute Gasteiger partial charge is 0.322 e. The van der Waals surface area contributed by atoms with Crippen LogP contribution < -0.4 is 15.4 Å². The van der Waals surface area contributed by atoms with Gasteiger partial charge in [0.05, 0.1) is 5.69 Å². The van der Waals surface area contributed by atoms with Crippen molar-refractivity contribution >= 4 is 23.3 Å². The molecule has 2 saturated heterocycles. The van der Waals surface area contributed by atoms with Gasteiger partial charge in [0.15, 0.2) is 6.10 Å². The summed E-state index contributed by atoms with van der Waals surface area (Å²) in [6, 6.07) is 5.78. The van der Waals surface area contributed by atoms with Gasteiger partial charge < -0.3 is 20.3 Å². The first-order valence-electron chi connectivity index (χ1n) is 9.74. The summed E-state index contributed by atoms with van der Waals surface area (Å²) in [5.41, 5.74) is 1.30. The zero-order chi connectivity index (χ0) is 17.8. The topological polar surface area (TPSA) is 70.7 Å². The Labute approximate surface area is 153 Å². The van der Waals surface area contributed by atoms with Gasteiger partial charge in [-0.25, -0.2) is 4.79 Å². The molecule has 3 amide bonds. The predicted molar refractivity (Wildman–Crippen MR) is 98.2 cm³/mol. The van der Waals surface area contributed by atoms with Crippen LogP contribution in [0.5, 0.6) is 5.75 Å². The van der Waals surface area contributed by atoms with Gasteiger partial charge in [-0.05, 0) is 75.0 Å². The van der Waals surface area contributed by atoms with Gasteiger partial charge in [0.25, 0.3) is 5.91 Å². The molecule has 6 heteroatoms. The van der Waals surface area contributed by atoms with Gasteiger partial charge in [0.1, 0.15) is 5.75 Å². The normalized spacial score (nSPS) is 34.6. The molecule has 3 aliphatic heterocycles.